The number of carboxylic acids is 1. The van der Waals surface area contributed by atoms with E-state index in [0.717, 1.165) is 0 Å². The average Bonchev–Trinajstić information content (AvgIpc) is 2.93. The first-order chi connectivity index (χ1) is 8.42. The van der Waals surface area contributed by atoms with Crippen LogP contribution in [0.1, 0.15) is 48.0 Å². The SMILES string of the molecule is CC(CC(=O)O)C(C)(C)C1(C(=O)OC(C)(C)C)OO1. The van der Waals surface area contributed by atoms with Crippen LogP contribution in [-0.4, -0.2) is 28.4 Å². The van der Waals surface area contributed by atoms with Crippen molar-refractivity contribution in [3.05, 3.63) is 0 Å². The number of aliphatic carboxylic acids is 1. The number of rotatable bonds is 5. The van der Waals surface area contributed by atoms with E-state index in [4.69, 9.17) is 19.6 Å². The molecule has 0 amide bonds. The van der Waals surface area contributed by atoms with E-state index in [1.54, 1.807) is 41.5 Å². The molecule has 0 bridgehead atoms. The lowest BCUT2D eigenvalue weighted by Gasteiger charge is -2.33. The first-order valence-electron chi connectivity index (χ1n) is 6.24. The van der Waals surface area contributed by atoms with Crippen LogP contribution >= 0.6 is 0 Å². The second-order valence-electron chi connectivity index (χ2n) is 6.51. The topological polar surface area (TPSA) is 88.7 Å². The summed E-state index contributed by atoms with van der Waals surface area (Å²) < 4.78 is 5.27. The largest absolute Gasteiger partial charge is 0.481 e. The van der Waals surface area contributed by atoms with Gasteiger partial charge in [-0.1, -0.05) is 20.8 Å². The Hall–Kier alpha value is -1.14. The molecule has 1 rings (SSSR count). The normalized spacial score (nSPS) is 19.7. The van der Waals surface area contributed by atoms with Crippen molar-refractivity contribution in [2.45, 2.75) is 59.4 Å². The number of carbonyl (C=O) groups excluding carboxylic acids is 1. The predicted octanol–water partition coefficient (Wildman–Crippen LogP) is 2.12. The molecule has 110 valence electrons. The van der Waals surface area contributed by atoms with Gasteiger partial charge in [-0.25, -0.2) is 4.79 Å². The van der Waals surface area contributed by atoms with Crippen LogP contribution in [0.2, 0.25) is 0 Å². The molecule has 1 N–H and O–H groups in total. The van der Waals surface area contributed by atoms with Gasteiger partial charge < -0.3 is 9.84 Å². The van der Waals surface area contributed by atoms with E-state index in [1.807, 2.05) is 0 Å². The molecule has 1 saturated heterocycles. The van der Waals surface area contributed by atoms with Gasteiger partial charge >= 0.3 is 17.7 Å². The maximum absolute atomic E-state index is 12.2. The summed E-state index contributed by atoms with van der Waals surface area (Å²) in [7, 11) is 0. The van der Waals surface area contributed by atoms with Gasteiger partial charge in [0.2, 0.25) is 0 Å². The second-order valence-corrected chi connectivity index (χ2v) is 6.51. The van der Waals surface area contributed by atoms with E-state index in [1.165, 1.54) is 0 Å². The number of hydrogen-bond acceptors (Lipinski definition) is 5. The summed E-state index contributed by atoms with van der Waals surface area (Å²) in [4.78, 5) is 32.8. The summed E-state index contributed by atoms with van der Waals surface area (Å²) >= 11 is 0. The fourth-order valence-corrected chi connectivity index (χ4v) is 1.77. The van der Waals surface area contributed by atoms with Crippen LogP contribution < -0.4 is 0 Å². The minimum Gasteiger partial charge on any atom is -0.481 e. The smallest absolute Gasteiger partial charge is 0.373 e. The lowest BCUT2D eigenvalue weighted by atomic mass is 9.72. The molecule has 0 aliphatic carbocycles. The third kappa shape index (κ3) is 3.25. The predicted molar refractivity (Wildman–Crippen MR) is 65.9 cm³/mol. The highest BCUT2D eigenvalue weighted by molar-refractivity contribution is 5.81. The highest BCUT2D eigenvalue weighted by Crippen LogP contribution is 2.52. The molecule has 6 heteroatoms. The second kappa shape index (κ2) is 4.76. The lowest BCUT2D eigenvalue weighted by molar-refractivity contribution is -0.171. The minimum absolute atomic E-state index is 0.0791. The number of carboxylic acid groups (broad SMARTS) is 1. The van der Waals surface area contributed by atoms with Crippen molar-refractivity contribution < 1.29 is 29.2 Å². The maximum atomic E-state index is 12.2. The van der Waals surface area contributed by atoms with Gasteiger partial charge in [0, 0.05) is 11.8 Å². The van der Waals surface area contributed by atoms with Gasteiger partial charge in [0.15, 0.2) is 0 Å². The van der Waals surface area contributed by atoms with Gasteiger partial charge in [-0.15, -0.1) is 0 Å². The third-order valence-electron chi connectivity index (χ3n) is 3.48. The molecule has 1 heterocycles. The fraction of sp³-hybridized carbons (Fsp3) is 0.846. The molecule has 6 nitrogen and oxygen atoms in total. The summed E-state index contributed by atoms with van der Waals surface area (Å²) in [5, 5.41) is 8.86. The number of ether oxygens (including phenoxy) is 1. The van der Waals surface area contributed by atoms with Gasteiger partial charge in [-0.3, -0.25) is 4.79 Å². The zero-order chi connectivity index (χ0) is 15.1. The Bertz CT molecular complexity index is 375. The molecule has 1 aliphatic heterocycles. The first-order valence-corrected chi connectivity index (χ1v) is 6.24. The Morgan fingerprint density at radius 1 is 1.21 bits per heavy atom. The highest BCUT2D eigenvalue weighted by Gasteiger charge is 2.70. The summed E-state index contributed by atoms with van der Waals surface area (Å²) in [6.07, 6.45) is -0.0791. The molecular weight excluding hydrogens is 252 g/mol. The first kappa shape index (κ1) is 15.9. The van der Waals surface area contributed by atoms with Gasteiger partial charge in [0.05, 0.1) is 0 Å². The Kier molecular flexibility index (Phi) is 3.98. The Balaban J connectivity index is 2.87. The number of esters is 1. The van der Waals surface area contributed by atoms with Crippen LogP contribution in [0.5, 0.6) is 0 Å². The molecule has 1 fully saturated rings. The zero-order valence-electron chi connectivity index (χ0n) is 12.3. The summed E-state index contributed by atoms with van der Waals surface area (Å²) in [5.74, 6) is -3.38. The van der Waals surface area contributed by atoms with Crippen molar-refractivity contribution in [1.29, 1.82) is 0 Å². The van der Waals surface area contributed by atoms with Crippen LogP contribution in [0.25, 0.3) is 0 Å². The van der Waals surface area contributed by atoms with Gasteiger partial charge in [-0.2, -0.15) is 9.78 Å². The number of carbonyl (C=O) groups is 2. The summed E-state index contributed by atoms with van der Waals surface area (Å²) in [5.41, 5.74) is -1.47. The minimum atomic E-state index is -1.50. The molecule has 0 aromatic heterocycles. The van der Waals surface area contributed by atoms with E-state index < -0.39 is 28.7 Å². The maximum Gasteiger partial charge on any atom is 0.373 e. The molecule has 0 saturated carbocycles. The Morgan fingerprint density at radius 2 is 1.68 bits per heavy atom. The quantitative estimate of drug-likeness (QED) is 0.469. The average molecular weight is 274 g/mol. The molecule has 0 aromatic carbocycles. The van der Waals surface area contributed by atoms with Crippen LogP contribution in [0.3, 0.4) is 0 Å². The molecule has 0 radical (unpaired) electrons. The van der Waals surface area contributed by atoms with Crippen molar-refractivity contribution >= 4 is 11.9 Å². The summed E-state index contributed by atoms with van der Waals surface area (Å²) in [6.45, 7) is 10.4. The van der Waals surface area contributed by atoms with Gasteiger partial charge in [-0.05, 0) is 26.7 Å². The van der Waals surface area contributed by atoms with Crippen molar-refractivity contribution in [1.82, 2.24) is 0 Å². The van der Waals surface area contributed by atoms with Crippen molar-refractivity contribution in [3.63, 3.8) is 0 Å². The lowest BCUT2D eigenvalue weighted by Crippen LogP contribution is -2.47. The molecule has 1 unspecified atom stereocenters. The van der Waals surface area contributed by atoms with E-state index in [-0.39, 0.29) is 12.3 Å². The van der Waals surface area contributed by atoms with E-state index in [0.29, 0.717) is 0 Å². The van der Waals surface area contributed by atoms with Crippen LogP contribution in [0, 0.1) is 11.3 Å². The van der Waals surface area contributed by atoms with Crippen molar-refractivity contribution in [3.8, 4) is 0 Å². The van der Waals surface area contributed by atoms with E-state index >= 15 is 0 Å². The van der Waals surface area contributed by atoms with Crippen LogP contribution in [0.15, 0.2) is 0 Å². The molecule has 19 heavy (non-hydrogen) atoms. The zero-order valence-corrected chi connectivity index (χ0v) is 12.3. The van der Waals surface area contributed by atoms with Crippen LogP contribution in [-0.2, 0) is 24.1 Å². The Labute approximate surface area is 112 Å². The molecule has 1 aliphatic rings. The highest BCUT2D eigenvalue weighted by atomic mass is 17.4. The van der Waals surface area contributed by atoms with Crippen molar-refractivity contribution in [2.75, 3.05) is 0 Å². The number of hydrogen-bond donors (Lipinski definition) is 1. The third-order valence-corrected chi connectivity index (χ3v) is 3.48. The van der Waals surface area contributed by atoms with Crippen LogP contribution in [0.4, 0.5) is 0 Å². The standard InChI is InChI=1S/C13H22O6/c1-8(7-9(14)15)12(5,6)13(18-19-13)10(16)17-11(2,3)4/h8H,7H2,1-6H3,(H,14,15). The fourth-order valence-electron chi connectivity index (χ4n) is 1.77. The molecular formula is C13H22O6. The monoisotopic (exact) mass is 274 g/mol. The Morgan fingerprint density at radius 3 is 2.00 bits per heavy atom. The molecule has 0 spiro atoms. The van der Waals surface area contributed by atoms with Gasteiger partial charge in [0.25, 0.3) is 0 Å². The molecule has 0 aromatic rings. The summed E-state index contributed by atoms with van der Waals surface area (Å²) in [6, 6.07) is 0. The van der Waals surface area contributed by atoms with Gasteiger partial charge in [0.1, 0.15) is 5.60 Å². The van der Waals surface area contributed by atoms with E-state index in [2.05, 4.69) is 0 Å². The van der Waals surface area contributed by atoms with Crippen molar-refractivity contribution in [2.24, 2.45) is 11.3 Å². The molecule has 1 atom stereocenters. The van der Waals surface area contributed by atoms with E-state index in [9.17, 15) is 9.59 Å².